The lowest BCUT2D eigenvalue weighted by Gasteiger charge is -2.35. The summed E-state index contributed by atoms with van der Waals surface area (Å²) in [5, 5.41) is 24.2. The van der Waals surface area contributed by atoms with E-state index in [2.05, 4.69) is 25.3 Å². The van der Waals surface area contributed by atoms with Gasteiger partial charge in [0.05, 0.1) is 28.4 Å². The number of halogens is 1. The number of aliphatic hydroxyl groups is 1. The van der Waals surface area contributed by atoms with Crippen LogP contribution in [0.2, 0.25) is 0 Å². The van der Waals surface area contributed by atoms with E-state index in [9.17, 15) is 19.4 Å². The van der Waals surface area contributed by atoms with Gasteiger partial charge in [-0.25, -0.2) is 19.3 Å². The van der Waals surface area contributed by atoms with Gasteiger partial charge in [-0.1, -0.05) is 0 Å². The van der Waals surface area contributed by atoms with E-state index in [0.717, 1.165) is 16.8 Å². The van der Waals surface area contributed by atoms with Crippen molar-refractivity contribution in [1.29, 1.82) is 0 Å². The van der Waals surface area contributed by atoms with E-state index in [1.807, 2.05) is 19.1 Å². The molecule has 1 aliphatic rings. The number of aryl methyl sites for hydroxylation is 2. The maximum absolute atomic E-state index is 13.5. The maximum Gasteiger partial charge on any atom is 0.306 e. The number of carbonyl (C=O) groups is 1. The van der Waals surface area contributed by atoms with Crippen LogP contribution in [0.1, 0.15) is 49.0 Å². The monoisotopic (exact) mass is 471 g/mol. The number of carboxylic acids is 1. The van der Waals surface area contributed by atoms with Gasteiger partial charge in [0.15, 0.2) is 5.82 Å². The molecule has 1 atom stereocenters. The minimum atomic E-state index is -1.14. The fraction of sp³-hybridized carbons (Fsp3) is 0.435. The number of thiazole rings is 1. The number of rotatable bonds is 6. The van der Waals surface area contributed by atoms with Gasteiger partial charge in [-0.3, -0.25) is 9.78 Å². The first kappa shape index (κ1) is 23.2. The van der Waals surface area contributed by atoms with Crippen molar-refractivity contribution in [3.05, 3.63) is 46.7 Å². The third kappa shape index (κ3) is 5.01. The van der Waals surface area contributed by atoms with E-state index in [0.29, 0.717) is 42.1 Å². The largest absolute Gasteiger partial charge is 0.481 e. The third-order valence-electron chi connectivity index (χ3n) is 6.19. The molecule has 4 rings (SSSR count). The van der Waals surface area contributed by atoms with Crippen molar-refractivity contribution in [3.63, 3.8) is 0 Å². The van der Waals surface area contributed by atoms with Gasteiger partial charge in [-0.15, -0.1) is 11.3 Å². The Morgan fingerprint density at radius 1 is 1.15 bits per heavy atom. The first-order valence-electron chi connectivity index (χ1n) is 10.8. The molecule has 8 nitrogen and oxygen atoms in total. The summed E-state index contributed by atoms with van der Waals surface area (Å²) >= 11 is 1.37. The normalized spacial score (nSPS) is 20.3. The fourth-order valence-corrected chi connectivity index (χ4v) is 5.21. The Morgan fingerprint density at radius 2 is 1.88 bits per heavy atom. The van der Waals surface area contributed by atoms with Crippen LogP contribution in [0.25, 0.3) is 10.6 Å². The number of nitrogens with zero attached hydrogens (tertiary/aromatic N) is 4. The van der Waals surface area contributed by atoms with Crippen molar-refractivity contribution in [2.75, 3.05) is 5.32 Å². The van der Waals surface area contributed by atoms with Gasteiger partial charge in [0, 0.05) is 17.6 Å². The molecule has 1 saturated carbocycles. The molecule has 0 saturated heterocycles. The second-order valence-corrected chi connectivity index (χ2v) is 9.73. The third-order valence-corrected chi connectivity index (χ3v) is 7.44. The minimum Gasteiger partial charge on any atom is -0.481 e. The van der Waals surface area contributed by atoms with E-state index < -0.39 is 17.4 Å². The highest BCUT2D eigenvalue weighted by Crippen LogP contribution is 2.43. The second kappa shape index (κ2) is 9.11. The summed E-state index contributed by atoms with van der Waals surface area (Å²) in [6.45, 7) is 5.20. The fourth-order valence-electron chi connectivity index (χ4n) is 4.21. The summed E-state index contributed by atoms with van der Waals surface area (Å²) in [5.41, 5.74) is 1.27. The standard InChI is InChI=1S/C23H26FN5O3S/c1-12-8-16(29-22-26-10-17(24)13(2)28-22)9-18(27-12)19-11-25-21(33-19)23(3,32)15-6-4-14(5-7-15)20(30)31/h8-11,14-15,32H,4-7H2,1-3H3,(H,30,31)(H,26,27,28,29)/t14-,15-,23-/m1/s1. The van der Waals surface area contributed by atoms with Crippen molar-refractivity contribution >= 4 is 28.9 Å². The van der Waals surface area contributed by atoms with Crippen LogP contribution >= 0.6 is 11.3 Å². The Morgan fingerprint density at radius 3 is 2.55 bits per heavy atom. The molecule has 0 amide bonds. The summed E-state index contributed by atoms with van der Waals surface area (Å²) in [7, 11) is 0. The smallest absolute Gasteiger partial charge is 0.306 e. The average molecular weight is 472 g/mol. The number of hydrogen-bond acceptors (Lipinski definition) is 8. The molecule has 0 radical (unpaired) electrons. The Labute approximate surface area is 195 Å². The minimum absolute atomic E-state index is 0.0475. The number of hydrogen-bond donors (Lipinski definition) is 3. The molecule has 1 aliphatic carbocycles. The van der Waals surface area contributed by atoms with Crippen LogP contribution in [0.5, 0.6) is 0 Å². The van der Waals surface area contributed by atoms with Crippen LogP contribution in [0.15, 0.2) is 24.5 Å². The first-order valence-corrected chi connectivity index (χ1v) is 11.6. The average Bonchev–Trinajstić information content (AvgIpc) is 3.27. The van der Waals surface area contributed by atoms with Crippen LogP contribution in [-0.4, -0.2) is 36.1 Å². The predicted molar refractivity (Wildman–Crippen MR) is 123 cm³/mol. The second-order valence-electron chi connectivity index (χ2n) is 8.70. The van der Waals surface area contributed by atoms with Gasteiger partial charge < -0.3 is 15.5 Å². The molecular weight excluding hydrogens is 445 g/mol. The molecule has 3 aromatic heterocycles. The van der Waals surface area contributed by atoms with Crippen molar-refractivity contribution in [2.24, 2.45) is 11.8 Å². The first-order chi connectivity index (χ1) is 15.6. The van der Waals surface area contributed by atoms with Crippen molar-refractivity contribution in [3.8, 4) is 10.6 Å². The van der Waals surface area contributed by atoms with Crippen molar-refractivity contribution < 1.29 is 19.4 Å². The van der Waals surface area contributed by atoms with Crippen LogP contribution in [0.3, 0.4) is 0 Å². The molecule has 0 aromatic carbocycles. The summed E-state index contributed by atoms with van der Waals surface area (Å²) < 4.78 is 13.5. The van der Waals surface area contributed by atoms with E-state index in [4.69, 9.17) is 0 Å². The lowest BCUT2D eigenvalue weighted by molar-refractivity contribution is -0.144. The predicted octanol–water partition coefficient (Wildman–Crippen LogP) is 4.59. The lowest BCUT2D eigenvalue weighted by Crippen LogP contribution is -2.35. The zero-order valence-corrected chi connectivity index (χ0v) is 19.5. The SMILES string of the molecule is Cc1cc(Nc2ncc(F)c(C)n2)cc(-c2cnc([C@](C)(O)[C@H]3CC[C@H](C(=O)O)CC3)s2)n1. The molecule has 33 heavy (non-hydrogen) atoms. The number of nitrogens with one attached hydrogen (secondary N) is 1. The zero-order valence-electron chi connectivity index (χ0n) is 18.7. The van der Waals surface area contributed by atoms with Gasteiger partial charge in [0.1, 0.15) is 10.6 Å². The van der Waals surface area contributed by atoms with Gasteiger partial charge >= 0.3 is 5.97 Å². The number of aromatic nitrogens is 4. The highest BCUT2D eigenvalue weighted by atomic mass is 32.1. The molecule has 0 bridgehead atoms. The van der Waals surface area contributed by atoms with E-state index >= 15 is 0 Å². The Balaban J connectivity index is 1.54. The number of aliphatic carboxylic acids is 1. The lowest BCUT2D eigenvalue weighted by atomic mass is 9.74. The van der Waals surface area contributed by atoms with E-state index in [-0.39, 0.29) is 23.5 Å². The summed E-state index contributed by atoms with van der Waals surface area (Å²) in [6, 6.07) is 3.67. The number of carboxylic acid groups (broad SMARTS) is 1. The number of pyridine rings is 1. The van der Waals surface area contributed by atoms with Gasteiger partial charge in [0.25, 0.3) is 0 Å². The summed E-state index contributed by atoms with van der Waals surface area (Å²) in [4.78, 5) is 29.2. The molecule has 0 unspecified atom stereocenters. The molecule has 0 spiro atoms. The maximum atomic E-state index is 13.5. The van der Waals surface area contributed by atoms with Crippen LogP contribution in [0.4, 0.5) is 16.0 Å². The van der Waals surface area contributed by atoms with E-state index in [1.54, 1.807) is 20.0 Å². The Kier molecular flexibility index (Phi) is 6.40. The molecule has 3 N–H and O–H groups in total. The van der Waals surface area contributed by atoms with Crippen LogP contribution in [0, 0.1) is 31.5 Å². The molecule has 0 aliphatic heterocycles. The summed E-state index contributed by atoms with van der Waals surface area (Å²) in [5.74, 6) is -1.32. The zero-order chi connectivity index (χ0) is 23.8. The topological polar surface area (TPSA) is 121 Å². The van der Waals surface area contributed by atoms with Crippen LogP contribution < -0.4 is 5.32 Å². The van der Waals surface area contributed by atoms with Gasteiger partial charge in [-0.2, -0.15) is 0 Å². The molecule has 10 heteroatoms. The summed E-state index contributed by atoms with van der Waals surface area (Å²) in [6.07, 6.45) is 5.24. The van der Waals surface area contributed by atoms with E-state index in [1.165, 1.54) is 11.3 Å². The van der Waals surface area contributed by atoms with Gasteiger partial charge in [0.2, 0.25) is 5.95 Å². The molecule has 1 fully saturated rings. The van der Waals surface area contributed by atoms with Crippen molar-refractivity contribution in [2.45, 2.75) is 52.1 Å². The quantitative estimate of drug-likeness (QED) is 0.477. The molecule has 174 valence electrons. The van der Waals surface area contributed by atoms with Gasteiger partial charge in [-0.05, 0) is 64.5 Å². The highest BCUT2D eigenvalue weighted by molar-refractivity contribution is 7.15. The molecule has 3 heterocycles. The molecule has 3 aromatic rings. The van der Waals surface area contributed by atoms with Crippen LogP contribution in [-0.2, 0) is 10.4 Å². The highest BCUT2D eigenvalue weighted by Gasteiger charge is 2.40. The number of anilines is 2. The van der Waals surface area contributed by atoms with Crippen molar-refractivity contribution in [1.82, 2.24) is 19.9 Å². The Hall–Kier alpha value is -2.98. The Bertz CT molecular complexity index is 1170. The molecular formula is C23H26FN5O3S.